The van der Waals surface area contributed by atoms with Crippen molar-refractivity contribution in [2.45, 2.75) is 12.5 Å². The lowest BCUT2D eigenvalue weighted by molar-refractivity contribution is 0.0747. The molecule has 3 rings (SSSR count). The Hall–Kier alpha value is -2.61. The molecule has 138 valence electrons. The number of rotatable bonds is 5. The van der Waals surface area contributed by atoms with E-state index in [2.05, 4.69) is 10.3 Å². The van der Waals surface area contributed by atoms with Crippen LogP contribution in [0.25, 0.3) is 0 Å². The van der Waals surface area contributed by atoms with E-state index in [1.165, 1.54) is 4.90 Å². The Bertz CT molecular complexity index is 897. The van der Waals surface area contributed by atoms with Gasteiger partial charge < -0.3 is 15.0 Å². The second-order valence-corrected chi connectivity index (χ2v) is 8.48. The number of hydrogen-bond acceptors (Lipinski definition) is 6. The molecule has 1 fully saturated rings. The predicted molar refractivity (Wildman–Crippen MR) is 99.7 cm³/mol. The normalized spacial score (nSPS) is 18.3. The molecule has 0 aliphatic carbocycles. The molecule has 1 amide bonds. The molecule has 0 bridgehead atoms. The molecule has 1 aromatic carbocycles. The maximum atomic E-state index is 12.7. The molecule has 1 aromatic heterocycles. The standard InChI is InChI=1S/C18H21N3O4S/c1-21(15-8-10-26(23,24)12-15)18(22)13-7-9-19-17(11-13)20-14-3-5-16(25-2)6-4-14/h3-7,9,11,15H,8,10,12H2,1-2H3,(H,19,20). The highest BCUT2D eigenvalue weighted by atomic mass is 32.2. The Kier molecular flexibility index (Phi) is 5.13. The summed E-state index contributed by atoms with van der Waals surface area (Å²) >= 11 is 0. The number of nitrogens with one attached hydrogen (secondary N) is 1. The zero-order valence-corrected chi connectivity index (χ0v) is 15.5. The lowest BCUT2D eigenvalue weighted by Crippen LogP contribution is -2.37. The fraction of sp³-hybridized carbons (Fsp3) is 0.333. The monoisotopic (exact) mass is 375 g/mol. The Morgan fingerprint density at radius 1 is 1.27 bits per heavy atom. The summed E-state index contributed by atoms with van der Waals surface area (Å²) < 4.78 is 28.4. The molecule has 1 unspecified atom stereocenters. The van der Waals surface area contributed by atoms with Gasteiger partial charge in [0.25, 0.3) is 5.91 Å². The number of methoxy groups -OCH3 is 1. The number of nitrogens with zero attached hydrogens (tertiary/aromatic N) is 2. The van der Waals surface area contributed by atoms with Crippen LogP contribution < -0.4 is 10.1 Å². The first kappa shape index (κ1) is 18.2. The van der Waals surface area contributed by atoms with E-state index in [1.807, 2.05) is 24.3 Å². The minimum Gasteiger partial charge on any atom is -0.497 e. The van der Waals surface area contributed by atoms with Crippen LogP contribution in [0.5, 0.6) is 5.75 Å². The molecule has 0 radical (unpaired) electrons. The number of anilines is 2. The maximum absolute atomic E-state index is 12.7. The summed E-state index contributed by atoms with van der Waals surface area (Å²) in [5, 5.41) is 3.14. The number of carbonyl (C=O) groups excluding carboxylic acids is 1. The van der Waals surface area contributed by atoms with Crippen molar-refractivity contribution in [3.05, 3.63) is 48.2 Å². The van der Waals surface area contributed by atoms with Crippen LogP contribution in [0, 0.1) is 0 Å². The molecule has 1 atom stereocenters. The van der Waals surface area contributed by atoms with E-state index in [0.717, 1.165) is 11.4 Å². The van der Waals surface area contributed by atoms with E-state index in [0.29, 0.717) is 17.8 Å². The third-order valence-electron chi connectivity index (χ3n) is 4.45. The molecule has 1 aliphatic rings. The molecule has 26 heavy (non-hydrogen) atoms. The molecule has 8 heteroatoms. The van der Waals surface area contributed by atoms with Gasteiger partial charge in [-0.05, 0) is 42.8 Å². The van der Waals surface area contributed by atoms with Gasteiger partial charge in [0, 0.05) is 30.5 Å². The Balaban J connectivity index is 1.72. The van der Waals surface area contributed by atoms with Crippen molar-refractivity contribution in [1.82, 2.24) is 9.88 Å². The van der Waals surface area contributed by atoms with Gasteiger partial charge in [-0.1, -0.05) is 0 Å². The molecule has 7 nitrogen and oxygen atoms in total. The summed E-state index contributed by atoms with van der Waals surface area (Å²) in [5.41, 5.74) is 1.28. The summed E-state index contributed by atoms with van der Waals surface area (Å²) in [6.07, 6.45) is 2.03. The van der Waals surface area contributed by atoms with Crippen LogP contribution in [0.4, 0.5) is 11.5 Å². The molecular formula is C18H21N3O4S. The number of ether oxygens (including phenoxy) is 1. The number of pyridine rings is 1. The van der Waals surface area contributed by atoms with Crippen molar-refractivity contribution in [3.63, 3.8) is 0 Å². The maximum Gasteiger partial charge on any atom is 0.254 e. The quantitative estimate of drug-likeness (QED) is 0.861. The molecule has 1 N–H and O–H groups in total. The van der Waals surface area contributed by atoms with Crippen molar-refractivity contribution >= 4 is 27.2 Å². The number of aromatic nitrogens is 1. The first-order valence-electron chi connectivity index (χ1n) is 8.23. The lowest BCUT2D eigenvalue weighted by Gasteiger charge is -2.23. The summed E-state index contributed by atoms with van der Waals surface area (Å²) in [6.45, 7) is 0. The Morgan fingerprint density at radius 3 is 2.62 bits per heavy atom. The Morgan fingerprint density at radius 2 is 2.00 bits per heavy atom. The van der Waals surface area contributed by atoms with Gasteiger partial charge in [-0.3, -0.25) is 4.79 Å². The molecule has 2 heterocycles. The fourth-order valence-electron chi connectivity index (χ4n) is 2.90. The molecule has 1 aliphatic heterocycles. The van der Waals surface area contributed by atoms with Gasteiger partial charge in [0.2, 0.25) is 0 Å². The van der Waals surface area contributed by atoms with E-state index in [-0.39, 0.29) is 23.5 Å². The highest BCUT2D eigenvalue weighted by Gasteiger charge is 2.33. The van der Waals surface area contributed by atoms with Crippen molar-refractivity contribution in [1.29, 1.82) is 0 Å². The van der Waals surface area contributed by atoms with Gasteiger partial charge in [0.05, 0.1) is 18.6 Å². The highest BCUT2D eigenvalue weighted by molar-refractivity contribution is 7.91. The van der Waals surface area contributed by atoms with Crippen LogP contribution in [0.3, 0.4) is 0 Å². The van der Waals surface area contributed by atoms with Gasteiger partial charge >= 0.3 is 0 Å². The predicted octanol–water partition coefficient (Wildman–Crippen LogP) is 2.09. The second kappa shape index (κ2) is 7.33. The number of amides is 1. The lowest BCUT2D eigenvalue weighted by atomic mass is 10.1. The molecule has 0 spiro atoms. The average molecular weight is 375 g/mol. The van der Waals surface area contributed by atoms with Crippen LogP contribution in [0.2, 0.25) is 0 Å². The smallest absolute Gasteiger partial charge is 0.254 e. The average Bonchev–Trinajstić information content (AvgIpc) is 3.01. The summed E-state index contributed by atoms with van der Waals surface area (Å²) in [5.74, 6) is 1.23. The van der Waals surface area contributed by atoms with Crippen LogP contribution >= 0.6 is 0 Å². The third kappa shape index (κ3) is 4.13. The summed E-state index contributed by atoms with van der Waals surface area (Å²) in [7, 11) is 0.206. The molecule has 1 saturated heterocycles. The SMILES string of the molecule is COc1ccc(Nc2cc(C(=O)N(C)C3CCS(=O)(=O)C3)ccn2)cc1. The number of carbonyl (C=O) groups is 1. The van der Waals surface area contributed by atoms with Crippen LogP contribution in [-0.2, 0) is 9.84 Å². The van der Waals surface area contributed by atoms with E-state index in [1.54, 1.807) is 32.5 Å². The van der Waals surface area contributed by atoms with Gasteiger partial charge in [-0.2, -0.15) is 0 Å². The number of sulfone groups is 1. The second-order valence-electron chi connectivity index (χ2n) is 6.26. The van der Waals surface area contributed by atoms with E-state index >= 15 is 0 Å². The van der Waals surface area contributed by atoms with E-state index < -0.39 is 9.84 Å². The molecular weight excluding hydrogens is 354 g/mol. The first-order chi connectivity index (χ1) is 12.4. The van der Waals surface area contributed by atoms with Crippen molar-refractivity contribution in [2.75, 3.05) is 31.0 Å². The van der Waals surface area contributed by atoms with Crippen LogP contribution in [-0.4, -0.2) is 55.9 Å². The van der Waals surface area contributed by atoms with Gasteiger partial charge in [-0.25, -0.2) is 13.4 Å². The fourth-order valence-corrected chi connectivity index (χ4v) is 4.68. The highest BCUT2D eigenvalue weighted by Crippen LogP contribution is 2.21. The number of benzene rings is 1. The van der Waals surface area contributed by atoms with Gasteiger partial charge in [0.1, 0.15) is 11.6 Å². The third-order valence-corrected chi connectivity index (χ3v) is 6.20. The van der Waals surface area contributed by atoms with Crippen LogP contribution in [0.15, 0.2) is 42.6 Å². The van der Waals surface area contributed by atoms with Crippen molar-refractivity contribution in [2.24, 2.45) is 0 Å². The molecule has 0 saturated carbocycles. The van der Waals surface area contributed by atoms with Gasteiger partial charge in [-0.15, -0.1) is 0 Å². The summed E-state index contributed by atoms with van der Waals surface area (Å²) in [4.78, 5) is 18.4. The zero-order valence-electron chi connectivity index (χ0n) is 14.7. The first-order valence-corrected chi connectivity index (χ1v) is 10.0. The van der Waals surface area contributed by atoms with Crippen molar-refractivity contribution in [3.8, 4) is 5.75 Å². The van der Waals surface area contributed by atoms with Gasteiger partial charge in [0.15, 0.2) is 9.84 Å². The topological polar surface area (TPSA) is 88.6 Å². The van der Waals surface area contributed by atoms with E-state index in [9.17, 15) is 13.2 Å². The van der Waals surface area contributed by atoms with Crippen LogP contribution in [0.1, 0.15) is 16.8 Å². The zero-order chi connectivity index (χ0) is 18.7. The summed E-state index contributed by atoms with van der Waals surface area (Å²) in [6, 6.07) is 10.4. The number of hydrogen-bond donors (Lipinski definition) is 1. The van der Waals surface area contributed by atoms with Crippen molar-refractivity contribution < 1.29 is 17.9 Å². The van der Waals surface area contributed by atoms with E-state index in [4.69, 9.17) is 4.74 Å². The molecule has 2 aromatic rings. The minimum atomic E-state index is -3.04. The largest absolute Gasteiger partial charge is 0.497 e. The Labute approximate surface area is 152 Å². The minimum absolute atomic E-state index is 0.0251.